The summed E-state index contributed by atoms with van der Waals surface area (Å²) in [6.07, 6.45) is -4.21. The summed E-state index contributed by atoms with van der Waals surface area (Å²) in [4.78, 5) is 35.8. The molecule has 0 aromatic heterocycles. The summed E-state index contributed by atoms with van der Waals surface area (Å²) >= 11 is 0. The molecule has 0 spiro atoms. The van der Waals surface area contributed by atoms with Crippen molar-refractivity contribution in [3.8, 4) is 0 Å². The highest BCUT2D eigenvalue weighted by Crippen LogP contribution is 2.32. The molecule has 2 fully saturated rings. The fraction of sp³-hybridized carbons (Fsp3) is 0.591. The lowest BCUT2D eigenvalue weighted by Gasteiger charge is -2.45. The number of hydrogen-bond donors (Lipinski definition) is 1. The Kier molecular flexibility index (Phi) is 8.57. The Morgan fingerprint density at radius 2 is 1.72 bits per heavy atom. The van der Waals surface area contributed by atoms with E-state index in [0.717, 1.165) is 18.4 Å². The zero-order chi connectivity index (χ0) is 23.1. The average molecular weight is 451 g/mol. The third kappa shape index (κ3) is 6.49. The van der Waals surface area contributed by atoms with Gasteiger partial charge in [-0.3, -0.25) is 14.4 Å². The normalized spacial score (nSPS) is 30.3. The van der Waals surface area contributed by atoms with Crippen molar-refractivity contribution in [3.63, 3.8) is 0 Å². The van der Waals surface area contributed by atoms with Crippen molar-refractivity contribution < 1.29 is 42.8 Å². The van der Waals surface area contributed by atoms with Crippen molar-refractivity contribution in [2.75, 3.05) is 6.61 Å². The van der Waals surface area contributed by atoms with E-state index in [1.807, 2.05) is 30.3 Å². The summed E-state index contributed by atoms with van der Waals surface area (Å²) in [6, 6.07) is 9.28. The first-order valence-electron chi connectivity index (χ1n) is 10.6. The molecule has 2 saturated heterocycles. The van der Waals surface area contributed by atoms with Crippen LogP contribution in [0, 0.1) is 0 Å². The van der Waals surface area contributed by atoms with Gasteiger partial charge in [0.25, 0.3) is 0 Å². The Hall–Kier alpha value is -2.53. The Bertz CT molecular complexity index is 781. The average Bonchev–Trinajstić information content (AvgIpc) is 2.75. The smallest absolute Gasteiger partial charge is 0.305 e. The van der Waals surface area contributed by atoms with E-state index in [1.54, 1.807) is 0 Å². The molecule has 1 aromatic rings. The molecule has 2 heterocycles. The number of amides is 1. The molecule has 2 N–H and O–H groups in total. The number of nitrogens with two attached hydrogens (primary N) is 1. The molecule has 0 aliphatic carbocycles. The fourth-order valence-corrected chi connectivity index (χ4v) is 3.71. The first kappa shape index (κ1) is 24.1. The number of carbonyl (C=O) groups is 3. The van der Waals surface area contributed by atoms with Crippen molar-refractivity contribution in [1.29, 1.82) is 0 Å². The van der Waals surface area contributed by atoms with Crippen molar-refractivity contribution in [1.82, 2.24) is 0 Å². The topological polar surface area (TPSA) is 133 Å². The number of carbonyl (C=O) groups excluding carboxylic acids is 3. The van der Waals surface area contributed by atoms with Crippen LogP contribution in [0.2, 0.25) is 0 Å². The summed E-state index contributed by atoms with van der Waals surface area (Å²) < 4.78 is 34.1. The van der Waals surface area contributed by atoms with Crippen molar-refractivity contribution >= 4 is 17.8 Å². The molecule has 2 aliphatic rings. The van der Waals surface area contributed by atoms with Gasteiger partial charge >= 0.3 is 11.9 Å². The molecule has 32 heavy (non-hydrogen) atoms. The molecule has 10 nitrogen and oxygen atoms in total. The molecule has 1 amide bonds. The SMILES string of the molecule is CC(=O)O[C@H]1O[C@@H](C(N)=O)[C@@H](OC2CCCCO2)[C@H](OCc2ccccc2)[C@H]1OC(C)=O. The molecular weight excluding hydrogens is 422 g/mol. The summed E-state index contributed by atoms with van der Waals surface area (Å²) in [5.41, 5.74) is 6.42. The minimum Gasteiger partial charge on any atom is -0.453 e. The number of benzene rings is 1. The number of primary amides is 1. The van der Waals surface area contributed by atoms with Gasteiger partial charge in [0.1, 0.15) is 12.2 Å². The highest BCUT2D eigenvalue weighted by molar-refractivity contribution is 5.80. The van der Waals surface area contributed by atoms with Crippen LogP contribution in [0.4, 0.5) is 0 Å². The molecule has 0 radical (unpaired) electrons. The van der Waals surface area contributed by atoms with Crippen molar-refractivity contribution in [2.45, 2.75) is 76.7 Å². The number of ether oxygens (including phenoxy) is 6. The molecule has 0 saturated carbocycles. The minimum absolute atomic E-state index is 0.118. The Labute approximate surface area is 186 Å². The highest BCUT2D eigenvalue weighted by atomic mass is 16.8. The molecule has 10 heteroatoms. The van der Waals surface area contributed by atoms with Gasteiger partial charge in [-0.1, -0.05) is 30.3 Å². The lowest BCUT2D eigenvalue weighted by Crippen LogP contribution is -2.64. The highest BCUT2D eigenvalue weighted by Gasteiger charge is 2.53. The summed E-state index contributed by atoms with van der Waals surface area (Å²) in [5.74, 6) is -2.17. The fourth-order valence-electron chi connectivity index (χ4n) is 3.71. The second-order valence-electron chi connectivity index (χ2n) is 7.67. The maximum Gasteiger partial charge on any atom is 0.305 e. The summed E-state index contributed by atoms with van der Waals surface area (Å²) in [7, 11) is 0. The number of rotatable bonds is 8. The molecule has 1 aromatic carbocycles. The van der Waals surface area contributed by atoms with Gasteiger partial charge in [0.15, 0.2) is 18.5 Å². The molecular formula is C22H29NO9. The summed E-state index contributed by atoms with van der Waals surface area (Å²) in [5, 5.41) is 0. The second-order valence-corrected chi connectivity index (χ2v) is 7.67. The van der Waals surface area contributed by atoms with E-state index in [-0.39, 0.29) is 6.61 Å². The monoisotopic (exact) mass is 451 g/mol. The van der Waals surface area contributed by atoms with Crippen LogP contribution in [0.1, 0.15) is 38.7 Å². The van der Waals surface area contributed by atoms with Gasteiger partial charge in [-0.05, 0) is 24.8 Å². The van der Waals surface area contributed by atoms with Crippen LogP contribution in [0.15, 0.2) is 30.3 Å². The third-order valence-corrected chi connectivity index (χ3v) is 5.09. The van der Waals surface area contributed by atoms with Crippen LogP contribution in [0.5, 0.6) is 0 Å². The van der Waals surface area contributed by atoms with Gasteiger partial charge < -0.3 is 34.2 Å². The van der Waals surface area contributed by atoms with Crippen LogP contribution in [-0.2, 0) is 49.4 Å². The molecule has 2 aliphatic heterocycles. The Balaban J connectivity index is 1.91. The maximum absolute atomic E-state index is 12.3. The van der Waals surface area contributed by atoms with E-state index in [0.29, 0.717) is 13.0 Å². The quantitative estimate of drug-likeness (QED) is 0.579. The molecule has 176 valence electrons. The number of hydrogen-bond acceptors (Lipinski definition) is 9. The zero-order valence-electron chi connectivity index (χ0n) is 18.1. The van der Waals surface area contributed by atoms with Gasteiger partial charge in [-0.25, -0.2) is 0 Å². The van der Waals surface area contributed by atoms with Crippen LogP contribution in [-0.4, -0.2) is 61.4 Å². The van der Waals surface area contributed by atoms with Gasteiger partial charge in [0, 0.05) is 20.5 Å². The standard InChI is InChI=1S/C22H29NO9/c1-13(24)29-20-17(28-12-15-8-4-3-5-9-15)18(31-16-10-6-7-11-27-16)19(21(23)26)32-22(20)30-14(2)25/h3-5,8-9,16-20,22H,6-7,10-12H2,1-2H3,(H2,23,26)/t16?,17-,18-,19+,20+,22-/m0/s1. The third-order valence-electron chi connectivity index (χ3n) is 5.09. The van der Waals surface area contributed by atoms with Gasteiger partial charge in [-0.2, -0.15) is 0 Å². The van der Waals surface area contributed by atoms with Crippen molar-refractivity contribution in [2.24, 2.45) is 5.73 Å². The largest absolute Gasteiger partial charge is 0.453 e. The van der Waals surface area contributed by atoms with Crippen LogP contribution in [0.25, 0.3) is 0 Å². The maximum atomic E-state index is 12.3. The first-order valence-corrected chi connectivity index (χ1v) is 10.6. The lowest BCUT2D eigenvalue weighted by atomic mass is 9.97. The van der Waals surface area contributed by atoms with Crippen LogP contribution in [0.3, 0.4) is 0 Å². The van der Waals surface area contributed by atoms with E-state index in [9.17, 15) is 14.4 Å². The second kappa shape index (κ2) is 11.4. The van der Waals surface area contributed by atoms with E-state index in [1.165, 1.54) is 13.8 Å². The molecule has 1 unspecified atom stereocenters. The Morgan fingerprint density at radius 3 is 2.31 bits per heavy atom. The predicted molar refractivity (Wildman–Crippen MR) is 109 cm³/mol. The van der Waals surface area contributed by atoms with Crippen LogP contribution >= 0.6 is 0 Å². The van der Waals surface area contributed by atoms with Gasteiger partial charge in [0.2, 0.25) is 12.2 Å². The van der Waals surface area contributed by atoms with Gasteiger partial charge in [-0.15, -0.1) is 0 Å². The predicted octanol–water partition coefficient (Wildman–Crippen LogP) is 1.19. The Morgan fingerprint density at radius 1 is 1.00 bits per heavy atom. The van der Waals surface area contributed by atoms with Crippen LogP contribution < -0.4 is 5.73 Å². The van der Waals surface area contributed by atoms with E-state index in [4.69, 9.17) is 34.2 Å². The van der Waals surface area contributed by atoms with E-state index in [2.05, 4.69) is 0 Å². The van der Waals surface area contributed by atoms with E-state index >= 15 is 0 Å². The minimum atomic E-state index is -1.40. The van der Waals surface area contributed by atoms with Crippen molar-refractivity contribution in [3.05, 3.63) is 35.9 Å². The van der Waals surface area contributed by atoms with Gasteiger partial charge in [0.05, 0.1) is 6.61 Å². The zero-order valence-corrected chi connectivity index (χ0v) is 18.1. The molecule has 3 rings (SSSR count). The first-order chi connectivity index (χ1) is 15.3. The molecule has 6 atom stereocenters. The molecule has 0 bridgehead atoms. The van der Waals surface area contributed by atoms with E-state index < -0.39 is 54.8 Å². The number of esters is 2. The lowest BCUT2D eigenvalue weighted by molar-refractivity contribution is -0.321. The summed E-state index contributed by atoms with van der Waals surface area (Å²) in [6.45, 7) is 3.01.